The lowest BCUT2D eigenvalue weighted by Gasteiger charge is -2.10. The molecule has 0 aliphatic rings. The second-order valence-electron chi connectivity index (χ2n) is 5.28. The third-order valence-electron chi connectivity index (χ3n) is 3.36. The van der Waals surface area contributed by atoms with E-state index in [2.05, 4.69) is 47.4 Å². The minimum absolute atomic E-state index is 0.101. The zero-order chi connectivity index (χ0) is 18.0. The molecule has 3 rings (SSSR count). The Balaban J connectivity index is 1.66. The van der Waals surface area contributed by atoms with Crippen LogP contribution in [0.5, 0.6) is 0 Å². The number of aryl methyl sites for hydroxylation is 1. The molecule has 130 valence electrons. The second-order valence-corrected chi connectivity index (χ2v) is 8.88. The van der Waals surface area contributed by atoms with Gasteiger partial charge in [0.2, 0.25) is 5.91 Å². The molecule has 1 amide bonds. The minimum Gasteiger partial charge on any atom is -0.323 e. The summed E-state index contributed by atoms with van der Waals surface area (Å²) in [6, 6.07) is 7.90. The summed E-state index contributed by atoms with van der Waals surface area (Å²) in [4.78, 5) is 13.3. The highest BCUT2D eigenvalue weighted by Crippen LogP contribution is 2.32. The number of aromatic nitrogens is 3. The number of hydrogen-bond donors (Lipinski definition) is 1. The molecular formula is C16H14Br2N4OS2. The Bertz CT molecular complexity index is 886. The van der Waals surface area contributed by atoms with Crippen molar-refractivity contribution in [1.82, 2.24) is 14.8 Å². The van der Waals surface area contributed by atoms with Gasteiger partial charge < -0.3 is 9.88 Å². The zero-order valence-electron chi connectivity index (χ0n) is 13.4. The molecule has 0 spiro atoms. The fraction of sp³-hybridized carbons (Fsp3) is 0.188. The van der Waals surface area contributed by atoms with E-state index < -0.39 is 0 Å². The summed E-state index contributed by atoms with van der Waals surface area (Å²) in [6.45, 7) is 2.00. The smallest absolute Gasteiger partial charge is 0.234 e. The van der Waals surface area contributed by atoms with Crippen molar-refractivity contribution >= 4 is 66.6 Å². The van der Waals surface area contributed by atoms with Gasteiger partial charge in [-0.15, -0.1) is 21.5 Å². The number of carbonyl (C=O) groups excluding carboxylic acids is 1. The number of anilines is 1. The van der Waals surface area contributed by atoms with Crippen LogP contribution in [0.1, 0.15) is 5.56 Å². The van der Waals surface area contributed by atoms with Crippen LogP contribution in [0.25, 0.3) is 10.7 Å². The van der Waals surface area contributed by atoms with Gasteiger partial charge in [-0.05, 0) is 67.9 Å². The summed E-state index contributed by atoms with van der Waals surface area (Å²) in [6.07, 6.45) is 0. The third-order valence-corrected chi connectivity index (χ3v) is 6.50. The number of hydrogen-bond acceptors (Lipinski definition) is 5. The number of rotatable bonds is 5. The fourth-order valence-electron chi connectivity index (χ4n) is 2.19. The maximum absolute atomic E-state index is 12.3. The average molecular weight is 502 g/mol. The van der Waals surface area contributed by atoms with Crippen molar-refractivity contribution in [2.45, 2.75) is 12.1 Å². The SMILES string of the molecule is Cc1cc(Br)c(NC(=O)CSc2nnc(-c3cccs3)n2C)c(Br)c1. The lowest BCUT2D eigenvalue weighted by Crippen LogP contribution is -2.15. The van der Waals surface area contributed by atoms with Crippen LogP contribution < -0.4 is 5.32 Å². The monoisotopic (exact) mass is 500 g/mol. The number of thiophene rings is 1. The van der Waals surface area contributed by atoms with Crippen LogP contribution in [-0.2, 0) is 11.8 Å². The highest BCUT2D eigenvalue weighted by atomic mass is 79.9. The number of benzene rings is 1. The normalized spacial score (nSPS) is 10.9. The molecule has 0 aliphatic carbocycles. The first-order chi connectivity index (χ1) is 12.0. The van der Waals surface area contributed by atoms with Gasteiger partial charge in [0.25, 0.3) is 0 Å². The van der Waals surface area contributed by atoms with E-state index in [1.54, 1.807) is 11.3 Å². The molecule has 0 bridgehead atoms. The van der Waals surface area contributed by atoms with Crippen molar-refractivity contribution in [3.8, 4) is 10.7 Å². The van der Waals surface area contributed by atoms with Crippen LogP contribution in [0.3, 0.4) is 0 Å². The van der Waals surface area contributed by atoms with Gasteiger partial charge in [-0.3, -0.25) is 4.79 Å². The van der Waals surface area contributed by atoms with Gasteiger partial charge in [0.05, 0.1) is 16.3 Å². The summed E-state index contributed by atoms with van der Waals surface area (Å²) < 4.78 is 3.59. The second kappa shape index (κ2) is 8.03. The predicted octanol–water partition coefficient (Wildman–Crippen LogP) is 5.11. The van der Waals surface area contributed by atoms with E-state index in [0.29, 0.717) is 5.16 Å². The Morgan fingerprint density at radius 3 is 2.68 bits per heavy atom. The summed E-state index contributed by atoms with van der Waals surface area (Å²) in [5.74, 6) is 0.959. The molecular weight excluding hydrogens is 488 g/mol. The quantitative estimate of drug-likeness (QED) is 0.493. The number of halogens is 2. The Labute approximate surface area is 170 Å². The molecule has 0 unspecified atom stereocenters. The van der Waals surface area contributed by atoms with Crippen molar-refractivity contribution in [3.05, 3.63) is 44.2 Å². The van der Waals surface area contributed by atoms with Crippen molar-refractivity contribution in [2.75, 3.05) is 11.1 Å². The lowest BCUT2D eigenvalue weighted by molar-refractivity contribution is -0.113. The summed E-state index contributed by atoms with van der Waals surface area (Å²) in [7, 11) is 1.91. The summed E-state index contributed by atoms with van der Waals surface area (Å²) in [5.41, 5.74) is 1.83. The standard InChI is InChI=1S/C16H14Br2N4OS2/c1-9-6-10(17)14(11(18)7-9)19-13(23)8-25-16-21-20-15(22(16)2)12-4-3-5-24-12/h3-7H,8H2,1-2H3,(H,19,23). The Hall–Kier alpha value is -1.16. The largest absolute Gasteiger partial charge is 0.323 e. The summed E-state index contributed by atoms with van der Waals surface area (Å²) >= 11 is 9.94. The molecule has 0 saturated heterocycles. The van der Waals surface area contributed by atoms with Crippen LogP contribution in [0.15, 0.2) is 43.7 Å². The molecule has 1 aromatic carbocycles. The molecule has 0 radical (unpaired) electrons. The molecule has 9 heteroatoms. The third kappa shape index (κ3) is 4.33. The van der Waals surface area contributed by atoms with Crippen molar-refractivity contribution in [1.29, 1.82) is 0 Å². The van der Waals surface area contributed by atoms with Gasteiger partial charge in [0, 0.05) is 16.0 Å². The van der Waals surface area contributed by atoms with Gasteiger partial charge in [-0.1, -0.05) is 17.8 Å². The van der Waals surface area contributed by atoms with Crippen LogP contribution in [0.2, 0.25) is 0 Å². The van der Waals surface area contributed by atoms with Gasteiger partial charge in [-0.2, -0.15) is 0 Å². The summed E-state index contributed by atoms with van der Waals surface area (Å²) in [5, 5.41) is 14.0. The lowest BCUT2D eigenvalue weighted by atomic mass is 10.2. The first-order valence-electron chi connectivity index (χ1n) is 7.27. The number of amides is 1. The number of carbonyl (C=O) groups is 1. The molecule has 0 aliphatic heterocycles. The van der Waals surface area contributed by atoms with Crippen molar-refractivity contribution in [2.24, 2.45) is 7.05 Å². The first-order valence-corrected chi connectivity index (χ1v) is 10.7. The Morgan fingerprint density at radius 2 is 2.04 bits per heavy atom. The van der Waals surface area contributed by atoms with E-state index in [1.807, 2.05) is 48.2 Å². The first kappa shape index (κ1) is 18.6. The molecule has 25 heavy (non-hydrogen) atoms. The minimum atomic E-state index is -0.101. The highest BCUT2D eigenvalue weighted by Gasteiger charge is 2.15. The van der Waals surface area contributed by atoms with E-state index in [9.17, 15) is 4.79 Å². The maximum Gasteiger partial charge on any atom is 0.234 e. The van der Waals surface area contributed by atoms with Crippen LogP contribution in [0.4, 0.5) is 5.69 Å². The Kier molecular flexibility index (Phi) is 5.98. The van der Waals surface area contributed by atoms with E-state index >= 15 is 0 Å². The average Bonchev–Trinajstić information content (AvgIpc) is 3.18. The number of nitrogens with zero attached hydrogens (tertiary/aromatic N) is 3. The molecule has 1 N–H and O–H groups in total. The van der Waals surface area contributed by atoms with E-state index in [1.165, 1.54) is 11.8 Å². The van der Waals surface area contributed by atoms with E-state index in [0.717, 1.165) is 30.9 Å². The van der Waals surface area contributed by atoms with Crippen LogP contribution in [0, 0.1) is 6.92 Å². The molecule has 5 nitrogen and oxygen atoms in total. The molecule has 2 aromatic heterocycles. The number of thioether (sulfide) groups is 1. The van der Waals surface area contributed by atoms with Gasteiger partial charge in [0.15, 0.2) is 11.0 Å². The topological polar surface area (TPSA) is 59.8 Å². The van der Waals surface area contributed by atoms with E-state index in [-0.39, 0.29) is 11.7 Å². The highest BCUT2D eigenvalue weighted by molar-refractivity contribution is 9.11. The number of nitrogens with one attached hydrogen (secondary N) is 1. The molecule has 0 atom stereocenters. The van der Waals surface area contributed by atoms with Gasteiger partial charge in [0.1, 0.15) is 0 Å². The predicted molar refractivity (Wildman–Crippen MR) is 110 cm³/mol. The molecule has 0 saturated carbocycles. The van der Waals surface area contributed by atoms with Crippen LogP contribution in [-0.4, -0.2) is 26.4 Å². The van der Waals surface area contributed by atoms with Crippen molar-refractivity contribution < 1.29 is 4.79 Å². The molecule has 2 heterocycles. The van der Waals surface area contributed by atoms with Gasteiger partial charge >= 0.3 is 0 Å². The van der Waals surface area contributed by atoms with Crippen molar-refractivity contribution in [3.63, 3.8) is 0 Å². The maximum atomic E-state index is 12.3. The molecule has 0 fully saturated rings. The van der Waals surface area contributed by atoms with Gasteiger partial charge in [-0.25, -0.2) is 0 Å². The fourth-order valence-corrected chi connectivity index (χ4v) is 5.25. The van der Waals surface area contributed by atoms with Crippen LogP contribution >= 0.6 is 55.0 Å². The Morgan fingerprint density at radius 1 is 1.32 bits per heavy atom. The zero-order valence-corrected chi connectivity index (χ0v) is 18.2. The van der Waals surface area contributed by atoms with E-state index in [4.69, 9.17) is 0 Å². The molecule has 3 aromatic rings.